The summed E-state index contributed by atoms with van der Waals surface area (Å²) in [5.41, 5.74) is 7.02. The van der Waals surface area contributed by atoms with E-state index < -0.39 is 21.1 Å². The molecule has 1 heterocycles. The number of hydrogen-bond acceptors (Lipinski definition) is 4. The maximum atomic E-state index is 12.5. The number of benzene rings is 1. The van der Waals surface area contributed by atoms with Crippen molar-refractivity contribution in [2.45, 2.75) is 37.6 Å². The molecule has 0 bridgehead atoms. The van der Waals surface area contributed by atoms with Crippen LogP contribution in [0, 0.1) is 0 Å². The largest absolute Gasteiger partial charge is 0.336 e. The lowest BCUT2D eigenvalue weighted by Crippen LogP contribution is -2.58. The highest BCUT2D eigenvalue weighted by Crippen LogP contribution is 2.20. The Morgan fingerprint density at radius 2 is 1.95 bits per heavy atom. The van der Waals surface area contributed by atoms with E-state index in [1.807, 2.05) is 30.3 Å². The second-order valence-corrected chi connectivity index (χ2v) is 8.12. The van der Waals surface area contributed by atoms with Gasteiger partial charge >= 0.3 is 0 Å². The standard InChI is InChI=1S/C15H22N2O3S/c1-11-12(2)21(19,20)9-8-17(11)15(18)14(16)10-13-6-4-3-5-7-13/h3-7,11-12,14H,8-10,16H2,1-2H3/t11?,12?,14-/m0/s1. The van der Waals surface area contributed by atoms with Crippen LogP contribution in [0.2, 0.25) is 0 Å². The van der Waals surface area contributed by atoms with Gasteiger partial charge in [-0.1, -0.05) is 30.3 Å². The molecule has 2 unspecified atom stereocenters. The van der Waals surface area contributed by atoms with Crippen molar-refractivity contribution in [2.75, 3.05) is 12.3 Å². The summed E-state index contributed by atoms with van der Waals surface area (Å²) in [6.07, 6.45) is 0.462. The van der Waals surface area contributed by atoms with Crippen LogP contribution in [0.25, 0.3) is 0 Å². The van der Waals surface area contributed by atoms with E-state index >= 15 is 0 Å². The van der Waals surface area contributed by atoms with E-state index in [1.54, 1.807) is 18.7 Å². The van der Waals surface area contributed by atoms with Gasteiger partial charge in [0.05, 0.1) is 17.0 Å². The third-order valence-corrected chi connectivity index (χ3v) is 6.53. The maximum absolute atomic E-state index is 12.5. The first-order valence-corrected chi connectivity index (χ1v) is 8.86. The number of nitrogens with two attached hydrogens (primary N) is 1. The van der Waals surface area contributed by atoms with Gasteiger partial charge in [0.25, 0.3) is 0 Å². The Kier molecular flexibility index (Phi) is 4.68. The highest BCUT2D eigenvalue weighted by atomic mass is 32.2. The van der Waals surface area contributed by atoms with Crippen molar-refractivity contribution in [3.8, 4) is 0 Å². The minimum atomic E-state index is -3.10. The molecule has 1 aliphatic heterocycles. The molecule has 1 aromatic carbocycles. The van der Waals surface area contributed by atoms with E-state index in [2.05, 4.69) is 0 Å². The predicted octanol–water partition coefficient (Wildman–Crippen LogP) is 0.590. The molecule has 1 aromatic rings. The molecule has 1 amide bonds. The van der Waals surface area contributed by atoms with Gasteiger partial charge in [0.1, 0.15) is 0 Å². The van der Waals surface area contributed by atoms with Crippen LogP contribution in [0.5, 0.6) is 0 Å². The van der Waals surface area contributed by atoms with Gasteiger partial charge in [-0.25, -0.2) is 8.42 Å². The van der Waals surface area contributed by atoms with Crippen molar-refractivity contribution >= 4 is 15.7 Å². The summed E-state index contributed by atoms with van der Waals surface area (Å²) in [6.45, 7) is 3.66. The van der Waals surface area contributed by atoms with Crippen molar-refractivity contribution < 1.29 is 13.2 Å². The predicted molar refractivity (Wildman–Crippen MR) is 82.5 cm³/mol. The fourth-order valence-corrected chi connectivity index (χ4v) is 4.22. The Morgan fingerprint density at radius 1 is 1.33 bits per heavy atom. The van der Waals surface area contributed by atoms with Crippen molar-refractivity contribution in [3.63, 3.8) is 0 Å². The highest BCUT2D eigenvalue weighted by Gasteiger charge is 2.39. The number of rotatable bonds is 3. The molecule has 0 saturated carbocycles. The summed E-state index contributed by atoms with van der Waals surface area (Å²) < 4.78 is 23.7. The van der Waals surface area contributed by atoms with E-state index in [4.69, 9.17) is 5.73 Å². The van der Waals surface area contributed by atoms with Crippen LogP contribution in [0.1, 0.15) is 19.4 Å². The van der Waals surface area contributed by atoms with Crippen LogP contribution in [-0.2, 0) is 21.1 Å². The quantitative estimate of drug-likeness (QED) is 0.886. The fourth-order valence-electron chi connectivity index (χ4n) is 2.65. The van der Waals surface area contributed by atoms with Crippen LogP contribution in [0.4, 0.5) is 0 Å². The van der Waals surface area contributed by atoms with Crippen molar-refractivity contribution in [1.82, 2.24) is 4.90 Å². The van der Waals surface area contributed by atoms with E-state index in [9.17, 15) is 13.2 Å². The first kappa shape index (κ1) is 16.0. The van der Waals surface area contributed by atoms with Gasteiger partial charge in [-0.2, -0.15) is 0 Å². The first-order chi connectivity index (χ1) is 9.83. The van der Waals surface area contributed by atoms with Gasteiger partial charge in [-0.15, -0.1) is 0 Å². The van der Waals surface area contributed by atoms with E-state index in [0.717, 1.165) is 5.56 Å². The molecule has 116 valence electrons. The van der Waals surface area contributed by atoms with Gasteiger partial charge in [-0.05, 0) is 25.8 Å². The van der Waals surface area contributed by atoms with Crippen molar-refractivity contribution in [3.05, 3.63) is 35.9 Å². The Labute approximate surface area is 126 Å². The third-order valence-electron chi connectivity index (χ3n) is 4.25. The summed E-state index contributed by atoms with van der Waals surface area (Å²) in [7, 11) is -3.10. The second-order valence-electron chi connectivity index (χ2n) is 5.64. The molecule has 0 aromatic heterocycles. The highest BCUT2D eigenvalue weighted by molar-refractivity contribution is 7.92. The molecule has 1 aliphatic rings. The SMILES string of the molecule is CC1C(C)S(=O)(=O)CCN1C(=O)[C@@H](N)Cc1ccccc1. The second kappa shape index (κ2) is 6.15. The molecule has 3 atom stereocenters. The summed E-state index contributed by atoms with van der Waals surface area (Å²) in [6, 6.07) is 8.62. The summed E-state index contributed by atoms with van der Waals surface area (Å²) >= 11 is 0. The Hall–Kier alpha value is -1.40. The van der Waals surface area contributed by atoms with Crippen LogP contribution < -0.4 is 5.73 Å². The zero-order valence-electron chi connectivity index (χ0n) is 12.4. The van der Waals surface area contributed by atoms with E-state index in [1.165, 1.54) is 0 Å². The van der Waals surface area contributed by atoms with Gasteiger partial charge in [0.15, 0.2) is 9.84 Å². The molecular weight excluding hydrogens is 288 g/mol. The molecule has 21 heavy (non-hydrogen) atoms. The minimum Gasteiger partial charge on any atom is -0.336 e. The van der Waals surface area contributed by atoms with E-state index in [-0.39, 0.29) is 24.2 Å². The Bertz CT molecular complexity index is 601. The number of sulfone groups is 1. The first-order valence-electron chi connectivity index (χ1n) is 7.14. The summed E-state index contributed by atoms with van der Waals surface area (Å²) in [4.78, 5) is 14.1. The summed E-state index contributed by atoms with van der Waals surface area (Å²) in [5.74, 6) is -0.157. The lowest BCUT2D eigenvalue weighted by Gasteiger charge is -2.38. The lowest BCUT2D eigenvalue weighted by molar-refractivity contribution is -0.134. The molecular formula is C15H22N2O3S. The molecule has 2 rings (SSSR count). The van der Waals surface area contributed by atoms with Crippen molar-refractivity contribution in [1.29, 1.82) is 0 Å². The number of carbonyl (C=O) groups is 1. The zero-order valence-corrected chi connectivity index (χ0v) is 13.2. The maximum Gasteiger partial charge on any atom is 0.240 e. The average molecular weight is 310 g/mol. The summed E-state index contributed by atoms with van der Waals surface area (Å²) in [5, 5.41) is -0.542. The van der Waals surface area contributed by atoms with Crippen LogP contribution in [-0.4, -0.2) is 48.9 Å². The monoisotopic (exact) mass is 310 g/mol. The van der Waals surface area contributed by atoms with Gasteiger partial charge < -0.3 is 10.6 Å². The Morgan fingerprint density at radius 3 is 2.57 bits per heavy atom. The molecule has 0 spiro atoms. The smallest absolute Gasteiger partial charge is 0.240 e. The number of nitrogens with zero attached hydrogens (tertiary/aromatic N) is 1. The molecule has 1 fully saturated rings. The van der Waals surface area contributed by atoms with Crippen molar-refractivity contribution in [2.24, 2.45) is 5.73 Å². The molecule has 0 aliphatic carbocycles. The van der Waals surface area contributed by atoms with Gasteiger partial charge in [0, 0.05) is 12.6 Å². The van der Waals surface area contributed by atoms with Crippen LogP contribution in [0.15, 0.2) is 30.3 Å². The average Bonchev–Trinajstić information content (AvgIpc) is 2.45. The number of carbonyl (C=O) groups excluding carboxylic acids is 1. The molecule has 6 heteroatoms. The number of amides is 1. The van der Waals surface area contributed by atoms with Crippen LogP contribution in [0.3, 0.4) is 0 Å². The molecule has 0 radical (unpaired) electrons. The number of hydrogen-bond donors (Lipinski definition) is 1. The molecule has 5 nitrogen and oxygen atoms in total. The van der Waals surface area contributed by atoms with E-state index in [0.29, 0.717) is 6.42 Å². The van der Waals surface area contributed by atoms with Crippen LogP contribution >= 0.6 is 0 Å². The lowest BCUT2D eigenvalue weighted by atomic mass is 10.0. The normalized spacial score (nSPS) is 26.3. The zero-order chi connectivity index (χ0) is 15.6. The Balaban J connectivity index is 2.06. The minimum absolute atomic E-state index is 0.0162. The van der Waals surface area contributed by atoms with Gasteiger partial charge in [-0.3, -0.25) is 4.79 Å². The topological polar surface area (TPSA) is 80.5 Å². The third kappa shape index (κ3) is 3.44. The molecule has 1 saturated heterocycles. The van der Waals surface area contributed by atoms with Gasteiger partial charge in [0.2, 0.25) is 5.91 Å². The fraction of sp³-hybridized carbons (Fsp3) is 0.533. The molecule has 2 N–H and O–H groups in total.